The number of ether oxygens (including phenoxy) is 1. The van der Waals surface area contributed by atoms with Crippen LogP contribution >= 0.6 is 0 Å². The molecule has 6 heteroatoms. The van der Waals surface area contributed by atoms with Crippen molar-refractivity contribution in [2.24, 2.45) is 5.73 Å². The van der Waals surface area contributed by atoms with Gasteiger partial charge in [-0.2, -0.15) is 0 Å². The van der Waals surface area contributed by atoms with Crippen molar-refractivity contribution in [1.82, 2.24) is 4.98 Å². The smallest absolute Gasteiger partial charge is 0.284 e. The fourth-order valence-corrected chi connectivity index (χ4v) is 3.87. The van der Waals surface area contributed by atoms with E-state index in [0.29, 0.717) is 18.1 Å². The first-order chi connectivity index (χ1) is 16.6. The van der Waals surface area contributed by atoms with E-state index >= 15 is 0 Å². The number of hydrogen-bond acceptors (Lipinski definition) is 5. The first kappa shape index (κ1) is 21.3. The molecule has 0 bridgehead atoms. The Hall–Kier alpha value is -4.58. The summed E-state index contributed by atoms with van der Waals surface area (Å²) in [6.45, 7) is 1.90. The molecule has 6 nitrogen and oxygen atoms in total. The lowest BCUT2D eigenvalue weighted by Crippen LogP contribution is -2.18. The zero-order chi connectivity index (χ0) is 23.5. The third-order valence-corrected chi connectivity index (χ3v) is 5.55. The molecule has 0 spiro atoms. The fourth-order valence-electron chi connectivity index (χ4n) is 3.87. The number of aromatic nitrogens is 1. The summed E-state index contributed by atoms with van der Waals surface area (Å²) in [5.41, 5.74) is 11.0. The van der Waals surface area contributed by atoms with Crippen LogP contribution in [0.3, 0.4) is 0 Å². The minimum Gasteiger partial charge on any atom is -0.472 e. The number of aryl methyl sites for hydroxylation is 1. The summed E-state index contributed by atoms with van der Waals surface area (Å²) in [4.78, 5) is 17.0. The van der Waals surface area contributed by atoms with Crippen molar-refractivity contribution in [2.75, 3.05) is 0 Å². The zero-order valence-electron chi connectivity index (χ0n) is 18.5. The lowest BCUT2D eigenvalue weighted by molar-refractivity contribution is -0.116. The molecule has 5 rings (SSSR count). The lowest BCUT2D eigenvalue weighted by Gasteiger charge is -2.08. The number of amides is 1. The van der Waals surface area contributed by atoms with Crippen LogP contribution < -0.4 is 10.5 Å². The van der Waals surface area contributed by atoms with Gasteiger partial charge in [0.2, 0.25) is 5.89 Å². The molecule has 2 aliphatic rings. The molecule has 1 aromatic heterocycles. The third kappa shape index (κ3) is 4.34. The predicted molar refractivity (Wildman–Crippen MR) is 129 cm³/mol. The van der Waals surface area contributed by atoms with E-state index < -0.39 is 5.91 Å². The molecule has 34 heavy (non-hydrogen) atoms. The molecular weight excluding hydrogens is 428 g/mol. The Morgan fingerprint density at radius 3 is 2.50 bits per heavy atom. The van der Waals surface area contributed by atoms with Crippen LogP contribution in [0.25, 0.3) is 28.7 Å². The molecule has 2 heterocycles. The van der Waals surface area contributed by atoms with Crippen LogP contribution in [-0.4, -0.2) is 10.9 Å². The Kier molecular flexibility index (Phi) is 5.70. The van der Waals surface area contributed by atoms with Crippen LogP contribution in [0.2, 0.25) is 0 Å². The number of oxazole rings is 1. The average Bonchev–Trinajstić information content (AvgIpc) is 3.40. The van der Waals surface area contributed by atoms with Crippen molar-refractivity contribution >= 4 is 12.0 Å². The van der Waals surface area contributed by atoms with Gasteiger partial charge < -0.3 is 19.3 Å². The van der Waals surface area contributed by atoms with Crippen molar-refractivity contribution in [2.45, 2.75) is 13.3 Å². The standard InChI is InChI=1S/C28H22N2O4/c1-18-25(30-28(33-18)19-8-4-2-5-9-19)15-20-14-21-17-32-13-12-23(21)24(20)16-26(27(29)31)34-22-10-6-3-7-11-22/h2-14,16-17H,15H2,1H3,(H2,29,31)/b26-16-. The Balaban J connectivity index is 1.55. The van der Waals surface area contributed by atoms with Gasteiger partial charge in [0.25, 0.3) is 5.91 Å². The second-order valence-electron chi connectivity index (χ2n) is 7.86. The fraction of sp³-hybridized carbons (Fsp3) is 0.0714. The highest BCUT2D eigenvalue weighted by Gasteiger charge is 2.20. The van der Waals surface area contributed by atoms with Gasteiger partial charge >= 0.3 is 0 Å². The molecule has 0 fully saturated rings. The van der Waals surface area contributed by atoms with Crippen molar-refractivity contribution in [3.05, 3.63) is 114 Å². The van der Waals surface area contributed by atoms with Gasteiger partial charge in [-0.3, -0.25) is 4.79 Å². The lowest BCUT2D eigenvalue weighted by atomic mass is 10.0. The number of nitrogens with zero attached hydrogens (tertiary/aromatic N) is 1. The minimum absolute atomic E-state index is 0.0441. The first-order valence-electron chi connectivity index (χ1n) is 10.8. The maximum absolute atomic E-state index is 12.2. The van der Waals surface area contributed by atoms with Gasteiger partial charge in [-0.25, -0.2) is 4.98 Å². The normalized spacial score (nSPS) is 11.6. The maximum Gasteiger partial charge on any atom is 0.284 e. The maximum atomic E-state index is 12.2. The summed E-state index contributed by atoms with van der Waals surface area (Å²) in [5.74, 6) is 1.22. The number of primary amides is 1. The summed E-state index contributed by atoms with van der Waals surface area (Å²) in [5, 5.41) is 0. The van der Waals surface area contributed by atoms with E-state index in [-0.39, 0.29) is 5.76 Å². The quantitative estimate of drug-likeness (QED) is 0.248. The number of nitrogens with two attached hydrogens (primary N) is 1. The third-order valence-electron chi connectivity index (χ3n) is 5.55. The van der Waals surface area contributed by atoms with Crippen molar-refractivity contribution in [3.8, 4) is 28.3 Å². The highest BCUT2D eigenvalue weighted by atomic mass is 16.5. The molecule has 1 aliphatic carbocycles. The molecule has 3 aromatic rings. The van der Waals surface area contributed by atoms with E-state index in [1.54, 1.807) is 30.7 Å². The predicted octanol–water partition coefficient (Wildman–Crippen LogP) is 5.84. The number of fused-ring (bicyclic) bond motifs is 1. The van der Waals surface area contributed by atoms with Crippen LogP contribution in [0.15, 0.2) is 99.9 Å². The van der Waals surface area contributed by atoms with Gasteiger partial charge in [0.15, 0.2) is 5.76 Å². The van der Waals surface area contributed by atoms with E-state index in [4.69, 9.17) is 24.3 Å². The number of benzene rings is 2. The first-order valence-corrected chi connectivity index (χ1v) is 10.8. The molecule has 0 saturated heterocycles. The van der Waals surface area contributed by atoms with Crippen LogP contribution in [0, 0.1) is 6.92 Å². The summed E-state index contributed by atoms with van der Waals surface area (Å²) in [6.07, 6.45) is 5.45. The zero-order valence-corrected chi connectivity index (χ0v) is 18.5. The number of para-hydroxylation sites is 1. The molecule has 0 saturated carbocycles. The van der Waals surface area contributed by atoms with Gasteiger partial charge in [-0.15, -0.1) is 0 Å². The summed E-state index contributed by atoms with van der Waals surface area (Å²) in [7, 11) is 0. The molecule has 0 atom stereocenters. The molecule has 0 unspecified atom stereocenters. The van der Waals surface area contributed by atoms with E-state index in [1.165, 1.54) is 0 Å². The number of carbonyl (C=O) groups is 1. The molecule has 2 aromatic carbocycles. The number of hydrogen-bond donors (Lipinski definition) is 1. The highest BCUT2D eigenvalue weighted by molar-refractivity contribution is 5.97. The van der Waals surface area contributed by atoms with Crippen LogP contribution in [0.4, 0.5) is 0 Å². The molecule has 2 N–H and O–H groups in total. The van der Waals surface area contributed by atoms with E-state index in [0.717, 1.165) is 39.3 Å². The van der Waals surface area contributed by atoms with E-state index in [2.05, 4.69) is 0 Å². The highest BCUT2D eigenvalue weighted by Crippen LogP contribution is 2.36. The molecular formula is C28H22N2O4. The van der Waals surface area contributed by atoms with Crippen LogP contribution in [0.1, 0.15) is 22.6 Å². The van der Waals surface area contributed by atoms with Crippen molar-refractivity contribution in [3.63, 3.8) is 0 Å². The molecule has 1 amide bonds. The molecule has 168 valence electrons. The van der Waals surface area contributed by atoms with E-state index in [9.17, 15) is 4.79 Å². The van der Waals surface area contributed by atoms with Gasteiger partial charge in [-0.1, -0.05) is 36.4 Å². The minimum atomic E-state index is -0.659. The Labute approximate surface area is 196 Å². The Morgan fingerprint density at radius 1 is 1.03 bits per heavy atom. The van der Waals surface area contributed by atoms with Crippen LogP contribution in [-0.2, 0) is 11.2 Å². The monoisotopic (exact) mass is 450 g/mol. The van der Waals surface area contributed by atoms with Crippen LogP contribution in [0.5, 0.6) is 5.75 Å². The number of rotatable bonds is 7. The number of carbonyl (C=O) groups excluding carboxylic acids is 1. The Morgan fingerprint density at radius 2 is 1.76 bits per heavy atom. The van der Waals surface area contributed by atoms with Crippen molar-refractivity contribution in [1.29, 1.82) is 0 Å². The molecule has 1 aliphatic heterocycles. The van der Waals surface area contributed by atoms with Gasteiger partial charge in [0, 0.05) is 17.5 Å². The van der Waals surface area contributed by atoms with Crippen molar-refractivity contribution < 1.29 is 18.4 Å². The van der Waals surface area contributed by atoms with E-state index in [1.807, 2.05) is 67.6 Å². The Bertz CT molecular complexity index is 1430. The van der Waals surface area contributed by atoms with Gasteiger partial charge in [0.1, 0.15) is 11.5 Å². The average molecular weight is 450 g/mol. The van der Waals surface area contributed by atoms with Gasteiger partial charge in [0.05, 0.1) is 18.2 Å². The second-order valence-corrected chi connectivity index (χ2v) is 7.86. The summed E-state index contributed by atoms with van der Waals surface area (Å²) < 4.78 is 17.1. The SMILES string of the molecule is Cc1oc(-c2ccccc2)nc1Cc1cc2coccc-2c1/C=C(\Oc1ccccc1)C(N)=O. The van der Waals surface area contributed by atoms with Gasteiger partial charge in [-0.05, 0) is 66.1 Å². The second kappa shape index (κ2) is 9.11. The topological polar surface area (TPSA) is 91.5 Å². The largest absolute Gasteiger partial charge is 0.472 e. The molecule has 0 radical (unpaired) electrons. The summed E-state index contributed by atoms with van der Waals surface area (Å²) in [6, 6.07) is 22.7. The summed E-state index contributed by atoms with van der Waals surface area (Å²) >= 11 is 0.